The lowest BCUT2D eigenvalue weighted by Gasteiger charge is -2.01. The highest BCUT2D eigenvalue weighted by Crippen LogP contribution is 2.24. The number of aromatic nitrogens is 1. The minimum Gasteiger partial charge on any atom is -0.477 e. The van der Waals surface area contributed by atoms with Crippen LogP contribution in [0.15, 0.2) is 24.3 Å². The van der Waals surface area contributed by atoms with Gasteiger partial charge in [0.1, 0.15) is 4.88 Å². The first kappa shape index (κ1) is 15.0. The molecule has 0 unspecified atom stereocenters. The van der Waals surface area contributed by atoms with Crippen molar-refractivity contribution < 1.29 is 9.90 Å². The molecule has 1 aromatic heterocycles. The number of benzene rings is 1. The van der Waals surface area contributed by atoms with Gasteiger partial charge >= 0.3 is 5.97 Å². The average molecular weight is 310 g/mol. The average Bonchev–Trinajstić information content (AvgIpc) is 2.74. The van der Waals surface area contributed by atoms with Crippen LogP contribution in [0.5, 0.6) is 0 Å². The van der Waals surface area contributed by atoms with Crippen molar-refractivity contribution in [1.29, 1.82) is 0 Å². The van der Waals surface area contributed by atoms with Crippen LogP contribution in [0.2, 0.25) is 5.02 Å². The molecule has 0 bridgehead atoms. The van der Waals surface area contributed by atoms with Gasteiger partial charge in [0, 0.05) is 11.4 Å². The van der Waals surface area contributed by atoms with Gasteiger partial charge in [0.05, 0.1) is 10.7 Å². The molecule has 0 aliphatic heterocycles. The molecular weight excluding hydrogens is 294 g/mol. The van der Waals surface area contributed by atoms with E-state index in [2.05, 4.69) is 18.8 Å². The standard InChI is InChI=1S/C15H16ClNO2S/c1-9(2)7-12-14(15(18)19)20-13(17-12)8-10-3-5-11(16)6-4-10/h3-6,9H,7-8H2,1-2H3,(H,18,19). The number of aromatic carboxylic acids is 1. The quantitative estimate of drug-likeness (QED) is 0.896. The summed E-state index contributed by atoms with van der Waals surface area (Å²) in [6.07, 6.45) is 1.33. The number of hydrogen-bond acceptors (Lipinski definition) is 3. The lowest BCUT2D eigenvalue weighted by molar-refractivity contribution is 0.0700. The van der Waals surface area contributed by atoms with E-state index in [1.807, 2.05) is 24.3 Å². The minimum atomic E-state index is -0.888. The third kappa shape index (κ3) is 3.81. The molecule has 0 spiro atoms. The van der Waals surface area contributed by atoms with Gasteiger partial charge in [-0.3, -0.25) is 0 Å². The lowest BCUT2D eigenvalue weighted by Crippen LogP contribution is -2.02. The molecule has 1 N–H and O–H groups in total. The second-order valence-electron chi connectivity index (χ2n) is 5.09. The molecule has 1 heterocycles. The Morgan fingerprint density at radius 1 is 1.35 bits per heavy atom. The summed E-state index contributed by atoms with van der Waals surface area (Å²) in [7, 11) is 0. The highest BCUT2D eigenvalue weighted by Gasteiger charge is 2.18. The van der Waals surface area contributed by atoms with Crippen LogP contribution in [0.4, 0.5) is 0 Å². The van der Waals surface area contributed by atoms with E-state index in [-0.39, 0.29) is 0 Å². The molecule has 106 valence electrons. The molecule has 0 fully saturated rings. The van der Waals surface area contributed by atoms with Crippen LogP contribution < -0.4 is 0 Å². The van der Waals surface area contributed by atoms with Crippen LogP contribution in [-0.4, -0.2) is 16.1 Å². The summed E-state index contributed by atoms with van der Waals surface area (Å²) < 4.78 is 0. The van der Waals surface area contributed by atoms with Gasteiger partial charge in [0.15, 0.2) is 0 Å². The van der Waals surface area contributed by atoms with Crippen LogP contribution in [-0.2, 0) is 12.8 Å². The van der Waals surface area contributed by atoms with Gasteiger partial charge in [-0.05, 0) is 30.0 Å². The molecule has 2 rings (SSSR count). The molecular formula is C15H16ClNO2S. The van der Waals surface area contributed by atoms with Crippen molar-refractivity contribution in [2.45, 2.75) is 26.7 Å². The maximum Gasteiger partial charge on any atom is 0.347 e. The monoisotopic (exact) mass is 309 g/mol. The number of carboxylic acid groups (broad SMARTS) is 1. The Morgan fingerprint density at radius 2 is 2.00 bits per heavy atom. The largest absolute Gasteiger partial charge is 0.477 e. The van der Waals surface area contributed by atoms with Crippen LogP contribution in [0, 0.1) is 5.92 Å². The van der Waals surface area contributed by atoms with Crippen molar-refractivity contribution in [3.05, 3.63) is 50.4 Å². The summed E-state index contributed by atoms with van der Waals surface area (Å²) in [4.78, 5) is 16.1. The highest BCUT2D eigenvalue weighted by atomic mass is 35.5. The number of carboxylic acids is 1. The predicted octanol–water partition coefficient (Wildman–Crippen LogP) is 4.28. The first-order valence-electron chi connectivity index (χ1n) is 6.42. The first-order valence-corrected chi connectivity index (χ1v) is 7.61. The molecule has 0 aliphatic carbocycles. The molecule has 5 heteroatoms. The fourth-order valence-electron chi connectivity index (χ4n) is 1.95. The number of carbonyl (C=O) groups is 1. The highest BCUT2D eigenvalue weighted by molar-refractivity contribution is 7.13. The van der Waals surface area contributed by atoms with Crippen LogP contribution in [0.25, 0.3) is 0 Å². The second-order valence-corrected chi connectivity index (χ2v) is 6.61. The molecule has 20 heavy (non-hydrogen) atoms. The summed E-state index contributed by atoms with van der Waals surface area (Å²) in [5.41, 5.74) is 1.78. The van der Waals surface area contributed by atoms with Crippen molar-refractivity contribution in [2.24, 2.45) is 5.92 Å². The van der Waals surface area contributed by atoms with E-state index in [0.717, 1.165) is 10.6 Å². The maximum absolute atomic E-state index is 11.3. The van der Waals surface area contributed by atoms with Gasteiger partial charge in [-0.2, -0.15) is 0 Å². The molecule has 0 saturated carbocycles. The van der Waals surface area contributed by atoms with Gasteiger partial charge < -0.3 is 5.11 Å². The molecule has 0 aliphatic rings. The minimum absolute atomic E-state index is 0.364. The van der Waals surface area contributed by atoms with E-state index in [1.54, 1.807) is 0 Å². The molecule has 0 saturated heterocycles. The SMILES string of the molecule is CC(C)Cc1nc(Cc2ccc(Cl)cc2)sc1C(=O)O. The van der Waals surface area contributed by atoms with Crippen molar-refractivity contribution in [3.63, 3.8) is 0 Å². The van der Waals surface area contributed by atoms with Crippen molar-refractivity contribution >= 4 is 28.9 Å². The van der Waals surface area contributed by atoms with Crippen LogP contribution in [0.3, 0.4) is 0 Å². The zero-order valence-corrected chi connectivity index (χ0v) is 13.0. The van der Waals surface area contributed by atoms with E-state index in [4.69, 9.17) is 11.6 Å². The Kier molecular flexibility index (Phi) is 4.78. The second kappa shape index (κ2) is 6.37. The normalized spacial score (nSPS) is 11.0. The Labute approximate surface area is 127 Å². The lowest BCUT2D eigenvalue weighted by atomic mass is 10.1. The molecule has 0 radical (unpaired) electrons. The molecule has 3 nitrogen and oxygen atoms in total. The summed E-state index contributed by atoms with van der Waals surface area (Å²) in [5.74, 6) is -0.501. The summed E-state index contributed by atoms with van der Waals surface area (Å²) in [6, 6.07) is 7.54. The Hall–Kier alpha value is -1.39. The van der Waals surface area contributed by atoms with E-state index in [9.17, 15) is 9.90 Å². The summed E-state index contributed by atoms with van der Waals surface area (Å²) >= 11 is 7.12. The van der Waals surface area contributed by atoms with Gasteiger partial charge in [0.2, 0.25) is 0 Å². The van der Waals surface area contributed by atoms with Crippen molar-refractivity contribution in [3.8, 4) is 0 Å². The molecule has 2 aromatic rings. The zero-order valence-electron chi connectivity index (χ0n) is 11.4. The number of halogens is 1. The fraction of sp³-hybridized carbons (Fsp3) is 0.333. The third-order valence-electron chi connectivity index (χ3n) is 2.81. The summed E-state index contributed by atoms with van der Waals surface area (Å²) in [6.45, 7) is 4.12. The first-order chi connectivity index (χ1) is 9.45. The number of thiazole rings is 1. The number of hydrogen-bond donors (Lipinski definition) is 1. The number of rotatable bonds is 5. The van der Waals surface area contributed by atoms with E-state index < -0.39 is 5.97 Å². The smallest absolute Gasteiger partial charge is 0.347 e. The molecule has 1 aromatic carbocycles. The van der Waals surface area contributed by atoms with E-state index >= 15 is 0 Å². The Bertz CT molecular complexity index is 605. The topological polar surface area (TPSA) is 50.2 Å². The predicted molar refractivity (Wildman–Crippen MR) is 81.9 cm³/mol. The van der Waals surface area contributed by atoms with E-state index in [0.29, 0.717) is 34.4 Å². The van der Waals surface area contributed by atoms with Gasteiger partial charge in [-0.1, -0.05) is 37.6 Å². The van der Waals surface area contributed by atoms with Gasteiger partial charge in [0.25, 0.3) is 0 Å². The van der Waals surface area contributed by atoms with Gasteiger partial charge in [-0.25, -0.2) is 9.78 Å². The van der Waals surface area contributed by atoms with Crippen LogP contribution >= 0.6 is 22.9 Å². The van der Waals surface area contributed by atoms with Crippen molar-refractivity contribution in [1.82, 2.24) is 4.98 Å². The van der Waals surface area contributed by atoms with Gasteiger partial charge in [-0.15, -0.1) is 11.3 Å². The van der Waals surface area contributed by atoms with Crippen LogP contribution in [0.1, 0.15) is 39.8 Å². The fourth-order valence-corrected chi connectivity index (χ4v) is 3.04. The van der Waals surface area contributed by atoms with E-state index in [1.165, 1.54) is 11.3 Å². The van der Waals surface area contributed by atoms with Crippen molar-refractivity contribution in [2.75, 3.05) is 0 Å². The number of nitrogens with zero attached hydrogens (tertiary/aromatic N) is 1. The Morgan fingerprint density at radius 3 is 2.55 bits per heavy atom. The zero-order chi connectivity index (χ0) is 14.7. The Balaban J connectivity index is 2.24. The molecule has 0 atom stereocenters. The summed E-state index contributed by atoms with van der Waals surface area (Å²) in [5, 5.41) is 10.8. The third-order valence-corrected chi connectivity index (χ3v) is 4.14. The molecule has 0 amide bonds. The maximum atomic E-state index is 11.3.